The highest BCUT2D eigenvalue weighted by Gasteiger charge is 2.21. The van der Waals surface area contributed by atoms with Crippen molar-refractivity contribution in [1.82, 2.24) is 20.4 Å². The maximum absolute atomic E-state index is 12.9. The normalized spacial score (nSPS) is 10.8. The van der Waals surface area contributed by atoms with E-state index in [9.17, 15) is 14.4 Å². The number of carbonyl (C=O) groups excluding carboxylic acids is 3. The summed E-state index contributed by atoms with van der Waals surface area (Å²) in [6.45, 7) is 4.05. The molecule has 2 aromatic carbocycles. The van der Waals surface area contributed by atoms with Crippen LogP contribution in [0.3, 0.4) is 0 Å². The summed E-state index contributed by atoms with van der Waals surface area (Å²) in [7, 11) is 0. The summed E-state index contributed by atoms with van der Waals surface area (Å²) >= 11 is 6.11. The summed E-state index contributed by atoms with van der Waals surface area (Å²) < 4.78 is 1.73. The summed E-state index contributed by atoms with van der Waals surface area (Å²) in [5.41, 5.74) is 8.29. The molecule has 0 atom stereocenters. The molecule has 3 rings (SSSR count). The van der Waals surface area contributed by atoms with E-state index in [2.05, 4.69) is 15.7 Å². The first-order chi connectivity index (χ1) is 15.3. The molecule has 0 aliphatic rings. The first-order valence-electron chi connectivity index (χ1n) is 10.0. The van der Waals surface area contributed by atoms with Gasteiger partial charge in [-0.3, -0.25) is 14.4 Å². The van der Waals surface area contributed by atoms with Crippen molar-refractivity contribution in [1.29, 1.82) is 0 Å². The maximum Gasteiger partial charge on any atom is 0.255 e. The van der Waals surface area contributed by atoms with Gasteiger partial charge in [-0.05, 0) is 41.8 Å². The fraction of sp³-hybridized carbons (Fsp3) is 0.217. The van der Waals surface area contributed by atoms with E-state index in [1.165, 1.54) is 0 Å². The third kappa shape index (κ3) is 5.53. The third-order valence-electron chi connectivity index (χ3n) is 4.74. The topological polar surface area (TPSA) is 119 Å². The molecule has 1 aromatic heterocycles. The van der Waals surface area contributed by atoms with Crippen molar-refractivity contribution in [3.63, 3.8) is 0 Å². The Morgan fingerprint density at radius 2 is 1.78 bits per heavy atom. The van der Waals surface area contributed by atoms with Crippen molar-refractivity contribution in [3.05, 3.63) is 82.1 Å². The van der Waals surface area contributed by atoms with E-state index >= 15 is 0 Å². The number of halogens is 1. The van der Waals surface area contributed by atoms with Crippen LogP contribution in [0.2, 0.25) is 5.02 Å². The average molecular weight is 454 g/mol. The third-order valence-corrected chi connectivity index (χ3v) is 4.98. The minimum Gasteiger partial charge on any atom is -0.368 e. The minimum absolute atomic E-state index is 0.0513. The Morgan fingerprint density at radius 1 is 1.06 bits per heavy atom. The number of carbonyl (C=O) groups is 3. The Kier molecular flexibility index (Phi) is 7.27. The lowest BCUT2D eigenvalue weighted by Crippen LogP contribution is -2.33. The van der Waals surface area contributed by atoms with Gasteiger partial charge in [-0.2, -0.15) is 5.10 Å². The number of amides is 3. The molecule has 3 amide bonds. The van der Waals surface area contributed by atoms with Crippen LogP contribution in [0.1, 0.15) is 51.7 Å². The van der Waals surface area contributed by atoms with Crippen LogP contribution in [0.5, 0.6) is 0 Å². The second-order valence-electron chi connectivity index (χ2n) is 7.52. The first-order valence-corrected chi connectivity index (χ1v) is 10.4. The van der Waals surface area contributed by atoms with Gasteiger partial charge in [0, 0.05) is 17.1 Å². The van der Waals surface area contributed by atoms with Gasteiger partial charge in [-0.25, -0.2) is 4.68 Å². The maximum atomic E-state index is 12.9. The van der Waals surface area contributed by atoms with Crippen LogP contribution in [0.4, 0.5) is 0 Å². The first kappa shape index (κ1) is 23.0. The number of primary amides is 1. The number of hydrogen-bond acceptors (Lipinski definition) is 4. The van der Waals surface area contributed by atoms with Crippen LogP contribution < -0.4 is 16.4 Å². The summed E-state index contributed by atoms with van der Waals surface area (Å²) in [6, 6.07) is 14.0. The lowest BCUT2D eigenvalue weighted by molar-refractivity contribution is -0.117. The molecule has 166 valence electrons. The van der Waals surface area contributed by atoms with E-state index in [0.29, 0.717) is 16.1 Å². The molecule has 8 nitrogen and oxygen atoms in total. The highest BCUT2D eigenvalue weighted by molar-refractivity contribution is 6.30. The average Bonchev–Trinajstić information content (AvgIpc) is 3.22. The Hall–Kier alpha value is -3.65. The highest BCUT2D eigenvalue weighted by atomic mass is 35.5. The number of nitrogens with one attached hydrogen (secondary N) is 2. The van der Waals surface area contributed by atoms with Gasteiger partial charge in [-0.15, -0.1) is 0 Å². The molecule has 1 heterocycles. The molecule has 0 spiro atoms. The van der Waals surface area contributed by atoms with Crippen molar-refractivity contribution in [2.24, 2.45) is 5.73 Å². The molecule has 4 N–H and O–H groups in total. The molecule has 0 fully saturated rings. The molecule has 3 aromatic rings. The molecule has 0 bridgehead atoms. The smallest absolute Gasteiger partial charge is 0.255 e. The molecular weight excluding hydrogens is 430 g/mol. The van der Waals surface area contributed by atoms with Crippen LogP contribution in [0.15, 0.2) is 54.7 Å². The van der Waals surface area contributed by atoms with Gasteiger partial charge in [-0.1, -0.05) is 43.6 Å². The number of nitrogens with two attached hydrogens (primary N) is 1. The standard InChI is InChI=1S/C23H24ClN5O3/c1-14(2)21-19(12-28-29(21)18-5-3-4-17(24)10-18)23(32)26-11-15-6-8-16(9-7-15)22(31)27-13-20(25)30/h3-10,12,14H,11,13H2,1-2H3,(H2,25,30)(H,26,32)(H,27,31). The fourth-order valence-corrected chi connectivity index (χ4v) is 3.41. The summed E-state index contributed by atoms with van der Waals surface area (Å²) in [6.07, 6.45) is 1.55. The zero-order chi connectivity index (χ0) is 23.3. The molecule has 0 saturated heterocycles. The summed E-state index contributed by atoms with van der Waals surface area (Å²) in [4.78, 5) is 35.6. The summed E-state index contributed by atoms with van der Waals surface area (Å²) in [5, 5.41) is 10.3. The van der Waals surface area contributed by atoms with Gasteiger partial charge in [0.25, 0.3) is 11.8 Å². The van der Waals surface area contributed by atoms with Crippen molar-refractivity contribution in [2.45, 2.75) is 26.3 Å². The predicted molar refractivity (Wildman–Crippen MR) is 122 cm³/mol. The van der Waals surface area contributed by atoms with E-state index in [0.717, 1.165) is 16.9 Å². The van der Waals surface area contributed by atoms with Crippen LogP contribution >= 0.6 is 11.6 Å². The lowest BCUT2D eigenvalue weighted by Gasteiger charge is -2.13. The zero-order valence-electron chi connectivity index (χ0n) is 17.8. The number of hydrogen-bond donors (Lipinski definition) is 3. The number of aromatic nitrogens is 2. The number of benzene rings is 2. The Bertz CT molecular complexity index is 1140. The van der Waals surface area contributed by atoms with E-state index in [4.69, 9.17) is 17.3 Å². The van der Waals surface area contributed by atoms with Crippen molar-refractivity contribution in [2.75, 3.05) is 6.54 Å². The monoisotopic (exact) mass is 453 g/mol. The fourth-order valence-electron chi connectivity index (χ4n) is 3.22. The minimum atomic E-state index is -0.614. The van der Waals surface area contributed by atoms with Crippen LogP contribution in [-0.2, 0) is 11.3 Å². The molecule has 0 aliphatic carbocycles. The van der Waals surface area contributed by atoms with Crippen LogP contribution in [0.25, 0.3) is 5.69 Å². The van der Waals surface area contributed by atoms with E-state index in [1.54, 1.807) is 47.3 Å². The Balaban J connectivity index is 1.70. The van der Waals surface area contributed by atoms with Gasteiger partial charge in [0.05, 0.1) is 29.7 Å². The molecular formula is C23H24ClN5O3. The summed E-state index contributed by atoms with van der Waals surface area (Å²) in [5.74, 6) is -1.20. The van der Waals surface area contributed by atoms with Crippen molar-refractivity contribution < 1.29 is 14.4 Å². The predicted octanol–water partition coefficient (Wildman–Crippen LogP) is 2.79. The van der Waals surface area contributed by atoms with Gasteiger partial charge < -0.3 is 16.4 Å². The SMILES string of the molecule is CC(C)c1c(C(=O)NCc2ccc(C(=O)NCC(N)=O)cc2)cnn1-c1cccc(Cl)c1. The molecule has 0 radical (unpaired) electrons. The number of rotatable bonds is 8. The quantitative estimate of drug-likeness (QED) is 0.485. The zero-order valence-corrected chi connectivity index (χ0v) is 18.5. The lowest BCUT2D eigenvalue weighted by atomic mass is 10.0. The van der Waals surface area contributed by atoms with E-state index < -0.39 is 11.8 Å². The largest absolute Gasteiger partial charge is 0.368 e. The van der Waals surface area contributed by atoms with Crippen molar-refractivity contribution in [3.8, 4) is 5.69 Å². The van der Waals surface area contributed by atoms with Crippen LogP contribution in [-0.4, -0.2) is 34.0 Å². The van der Waals surface area contributed by atoms with E-state index in [1.807, 2.05) is 26.0 Å². The van der Waals surface area contributed by atoms with Gasteiger partial charge in [0.15, 0.2) is 0 Å². The van der Waals surface area contributed by atoms with Gasteiger partial charge in [0.1, 0.15) is 0 Å². The molecule has 0 aliphatic heterocycles. The molecule has 0 saturated carbocycles. The number of nitrogens with zero attached hydrogens (tertiary/aromatic N) is 2. The van der Waals surface area contributed by atoms with E-state index in [-0.39, 0.29) is 24.9 Å². The molecule has 0 unspecified atom stereocenters. The van der Waals surface area contributed by atoms with Crippen molar-refractivity contribution >= 4 is 29.3 Å². The van der Waals surface area contributed by atoms with Gasteiger partial charge in [0.2, 0.25) is 5.91 Å². The second-order valence-corrected chi connectivity index (χ2v) is 7.95. The molecule has 9 heteroatoms. The van der Waals surface area contributed by atoms with Crippen LogP contribution in [0, 0.1) is 0 Å². The highest BCUT2D eigenvalue weighted by Crippen LogP contribution is 2.24. The Labute approximate surface area is 190 Å². The Morgan fingerprint density at radius 3 is 2.41 bits per heavy atom. The second kappa shape index (κ2) is 10.1. The van der Waals surface area contributed by atoms with Gasteiger partial charge >= 0.3 is 0 Å². The molecule has 32 heavy (non-hydrogen) atoms.